The molecule has 0 aliphatic rings. The topological polar surface area (TPSA) is 37.3 Å². The standard InChI is InChI=1S/C10H8O2S2/c11-7-3-5-14-10(7)6-8(12)9-2-1-4-13-9/h1-5,11H,6H2. The first-order valence-corrected chi connectivity index (χ1v) is 5.85. The number of rotatable bonds is 3. The van der Waals surface area contributed by atoms with Crippen LogP contribution in [0.15, 0.2) is 29.0 Å². The number of aromatic hydroxyl groups is 1. The smallest absolute Gasteiger partial charge is 0.178 e. The summed E-state index contributed by atoms with van der Waals surface area (Å²) in [7, 11) is 0. The van der Waals surface area contributed by atoms with E-state index in [2.05, 4.69) is 0 Å². The Labute approximate surface area is 89.5 Å². The summed E-state index contributed by atoms with van der Waals surface area (Å²) in [5.41, 5.74) is 0. The average Bonchev–Trinajstić information content (AvgIpc) is 2.77. The molecule has 2 aromatic rings. The first-order valence-electron chi connectivity index (χ1n) is 4.09. The molecule has 72 valence electrons. The van der Waals surface area contributed by atoms with Crippen LogP contribution in [0.4, 0.5) is 0 Å². The molecular formula is C10H8O2S2. The number of Topliss-reactive ketones (excluding diaryl/α,β-unsaturated/α-hetero) is 1. The van der Waals surface area contributed by atoms with Crippen LogP contribution in [0.25, 0.3) is 0 Å². The van der Waals surface area contributed by atoms with Crippen LogP contribution in [0.1, 0.15) is 14.5 Å². The summed E-state index contributed by atoms with van der Waals surface area (Å²) < 4.78 is 0. The van der Waals surface area contributed by atoms with E-state index in [-0.39, 0.29) is 11.5 Å². The minimum Gasteiger partial charge on any atom is -0.507 e. The molecule has 0 fully saturated rings. The molecule has 0 saturated carbocycles. The molecule has 2 nitrogen and oxygen atoms in total. The Balaban J connectivity index is 2.13. The lowest BCUT2D eigenvalue weighted by Gasteiger charge is -1.95. The fourth-order valence-corrected chi connectivity index (χ4v) is 2.57. The minimum atomic E-state index is 0.0674. The maximum Gasteiger partial charge on any atom is 0.178 e. The van der Waals surface area contributed by atoms with Crippen molar-refractivity contribution in [3.63, 3.8) is 0 Å². The van der Waals surface area contributed by atoms with E-state index in [1.807, 2.05) is 11.4 Å². The van der Waals surface area contributed by atoms with Crippen molar-refractivity contribution in [3.8, 4) is 5.75 Å². The summed E-state index contributed by atoms with van der Waals surface area (Å²) in [4.78, 5) is 13.1. The molecule has 14 heavy (non-hydrogen) atoms. The number of carbonyl (C=O) groups is 1. The summed E-state index contributed by atoms with van der Waals surface area (Å²) in [5, 5.41) is 13.0. The zero-order chi connectivity index (χ0) is 9.97. The number of ketones is 1. The van der Waals surface area contributed by atoms with Gasteiger partial charge in [0.25, 0.3) is 0 Å². The highest BCUT2D eigenvalue weighted by Gasteiger charge is 2.11. The molecule has 0 atom stereocenters. The van der Waals surface area contributed by atoms with E-state index in [1.54, 1.807) is 17.5 Å². The van der Waals surface area contributed by atoms with E-state index >= 15 is 0 Å². The second-order valence-electron chi connectivity index (χ2n) is 2.81. The molecule has 0 aliphatic heterocycles. The second-order valence-corrected chi connectivity index (χ2v) is 4.75. The van der Waals surface area contributed by atoms with Crippen LogP contribution in [0.2, 0.25) is 0 Å². The van der Waals surface area contributed by atoms with Gasteiger partial charge in [0.15, 0.2) is 5.78 Å². The van der Waals surface area contributed by atoms with Crippen molar-refractivity contribution < 1.29 is 9.90 Å². The van der Waals surface area contributed by atoms with Gasteiger partial charge in [-0.25, -0.2) is 0 Å². The van der Waals surface area contributed by atoms with Gasteiger partial charge in [0, 0.05) is 0 Å². The lowest BCUT2D eigenvalue weighted by Crippen LogP contribution is -1.99. The molecule has 2 aromatic heterocycles. The average molecular weight is 224 g/mol. The third kappa shape index (κ3) is 1.86. The first-order chi connectivity index (χ1) is 6.77. The molecule has 0 amide bonds. The van der Waals surface area contributed by atoms with Crippen LogP contribution in [0.3, 0.4) is 0 Å². The maximum atomic E-state index is 11.6. The zero-order valence-electron chi connectivity index (χ0n) is 7.27. The molecule has 1 N–H and O–H groups in total. The normalized spacial score (nSPS) is 10.3. The quantitative estimate of drug-likeness (QED) is 0.814. The van der Waals surface area contributed by atoms with Gasteiger partial charge in [-0.15, -0.1) is 22.7 Å². The van der Waals surface area contributed by atoms with Crippen LogP contribution < -0.4 is 0 Å². The maximum absolute atomic E-state index is 11.6. The van der Waals surface area contributed by atoms with Gasteiger partial charge in [-0.05, 0) is 22.9 Å². The molecule has 0 radical (unpaired) electrons. The number of hydrogen-bond acceptors (Lipinski definition) is 4. The zero-order valence-corrected chi connectivity index (χ0v) is 8.90. The van der Waals surface area contributed by atoms with Gasteiger partial charge in [-0.1, -0.05) is 6.07 Å². The Hall–Kier alpha value is -1.13. The Morgan fingerprint density at radius 2 is 2.14 bits per heavy atom. The highest BCUT2D eigenvalue weighted by Crippen LogP contribution is 2.25. The lowest BCUT2D eigenvalue weighted by atomic mass is 10.2. The third-order valence-electron chi connectivity index (χ3n) is 1.84. The molecule has 0 spiro atoms. The van der Waals surface area contributed by atoms with Gasteiger partial charge in [0.2, 0.25) is 0 Å². The number of hydrogen-bond donors (Lipinski definition) is 1. The van der Waals surface area contributed by atoms with Gasteiger partial charge >= 0.3 is 0 Å². The van der Waals surface area contributed by atoms with E-state index in [1.165, 1.54) is 22.7 Å². The second kappa shape index (κ2) is 3.94. The fourth-order valence-electron chi connectivity index (χ4n) is 1.14. The van der Waals surface area contributed by atoms with Crippen molar-refractivity contribution in [3.05, 3.63) is 38.7 Å². The minimum absolute atomic E-state index is 0.0674. The van der Waals surface area contributed by atoms with E-state index < -0.39 is 0 Å². The molecule has 0 aromatic carbocycles. The summed E-state index contributed by atoms with van der Waals surface area (Å²) in [6.07, 6.45) is 0.296. The molecule has 0 aliphatic carbocycles. The molecule has 2 heterocycles. The first kappa shape index (κ1) is 9.43. The van der Waals surface area contributed by atoms with Crippen LogP contribution in [-0.4, -0.2) is 10.9 Å². The van der Waals surface area contributed by atoms with Crippen molar-refractivity contribution in [2.24, 2.45) is 0 Å². The van der Waals surface area contributed by atoms with Gasteiger partial charge in [-0.2, -0.15) is 0 Å². The SMILES string of the molecule is O=C(Cc1sccc1O)c1cccs1. The van der Waals surface area contributed by atoms with Crippen LogP contribution in [0, 0.1) is 0 Å². The highest BCUT2D eigenvalue weighted by atomic mass is 32.1. The molecule has 2 rings (SSSR count). The largest absolute Gasteiger partial charge is 0.507 e. The predicted molar refractivity (Wildman–Crippen MR) is 58.3 cm³/mol. The van der Waals surface area contributed by atoms with Crippen LogP contribution in [-0.2, 0) is 6.42 Å². The summed E-state index contributed by atoms with van der Waals surface area (Å²) >= 11 is 2.84. The molecule has 0 bridgehead atoms. The molecule has 0 unspecified atom stereocenters. The van der Waals surface area contributed by atoms with Crippen LogP contribution >= 0.6 is 22.7 Å². The number of carbonyl (C=O) groups excluding carboxylic acids is 1. The Bertz CT molecular complexity index is 429. The summed E-state index contributed by atoms with van der Waals surface area (Å²) in [5.74, 6) is 0.289. The molecule has 4 heteroatoms. The lowest BCUT2D eigenvalue weighted by molar-refractivity contribution is 0.0997. The van der Waals surface area contributed by atoms with E-state index in [0.29, 0.717) is 6.42 Å². The predicted octanol–water partition coefficient (Wildman–Crippen LogP) is 2.94. The summed E-state index contributed by atoms with van der Waals surface area (Å²) in [6.45, 7) is 0. The summed E-state index contributed by atoms with van der Waals surface area (Å²) in [6, 6.07) is 5.27. The van der Waals surface area contributed by atoms with Gasteiger partial charge in [0.05, 0.1) is 16.2 Å². The van der Waals surface area contributed by atoms with E-state index in [0.717, 1.165) is 9.75 Å². The van der Waals surface area contributed by atoms with Gasteiger partial charge in [-0.3, -0.25) is 4.79 Å². The van der Waals surface area contributed by atoms with Gasteiger partial charge < -0.3 is 5.11 Å². The van der Waals surface area contributed by atoms with Crippen molar-refractivity contribution in [1.29, 1.82) is 0 Å². The Kier molecular flexibility index (Phi) is 2.65. The van der Waals surface area contributed by atoms with Gasteiger partial charge in [0.1, 0.15) is 5.75 Å². The van der Waals surface area contributed by atoms with Crippen molar-refractivity contribution >= 4 is 28.5 Å². The molecular weight excluding hydrogens is 216 g/mol. The monoisotopic (exact) mass is 224 g/mol. The Morgan fingerprint density at radius 3 is 2.71 bits per heavy atom. The fraction of sp³-hybridized carbons (Fsp3) is 0.100. The van der Waals surface area contributed by atoms with E-state index in [9.17, 15) is 9.90 Å². The van der Waals surface area contributed by atoms with E-state index in [4.69, 9.17) is 0 Å². The number of thiophene rings is 2. The Morgan fingerprint density at radius 1 is 1.29 bits per heavy atom. The highest BCUT2D eigenvalue weighted by molar-refractivity contribution is 7.12. The third-order valence-corrected chi connectivity index (χ3v) is 3.66. The van der Waals surface area contributed by atoms with Crippen molar-refractivity contribution in [1.82, 2.24) is 0 Å². The molecule has 0 saturated heterocycles. The van der Waals surface area contributed by atoms with Crippen LogP contribution in [0.5, 0.6) is 5.75 Å². The van der Waals surface area contributed by atoms with Crippen molar-refractivity contribution in [2.45, 2.75) is 6.42 Å². The van der Waals surface area contributed by atoms with Crippen molar-refractivity contribution in [2.75, 3.05) is 0 Å².